The van der Waals surface area contributed by atoms with E-state index < -0.39 is 5.92 Å². The van der Waals surface area contributed by atoms with Gasteiger partial charge in [-0.2, -0.15) is 5.26 Å². The summed E-state index contributed by atoms with van der Waals surface area (Å²) in [7, 11) is 0. The van der Waals surface area contributed by atoms with E-state index >= 15 is 0 Å². The van der Waals surface area contributed by atoms with E-state index in [-0.39, 0.29) is 24.4 Å². The van der Waals surface area contributed by atoms with Crippen molar-refractivity contribution >= 4 is 16.8 Å². The molecule has 1 aromatic carbocycles. The number of benzene rings is 1. The van der Waals surface area contributed by atoms with Gasteiger partial charge in [0.2, 0.25) is 17.7 Å². The molecule has 4 N–H and O–H groups in total. The molecule has 2 aliphatic rings. The third kappa shape index (κ3) is 3.39. The predicted molar refractivity (Wildman–Crippen MR) is 117 cm³/mol. The molecule has 32 heavy (non-hydrogen) atoms. The number of nitrogens with two attached hydrogens (primary N) is 1. The van der Waals surface area contributed by atoms with Gasteiger partial charge in [0, 0.05) is 41.5 Å². The van der Waals surface area contributed by atoms with Gasteiger partial charge in [-0.05, 0) is 31.4 Å². The van der Waals surface area contributed by atoms with Crippen LogP contribution in [0.5, 0.6) is 5.88 Å². The van der Waals surface area contributed by atoms with Gasteiger partial charge in [-0.25, -0.2) is 0 Å². The Morgan fingerprint density at radius 1 is 1.44 bits per heavy atom. The summed E-state index contributed by atoms with van der Waals surface area (Å²) in [5, 5.41) is 20.9. The summed E-state index contributed by atoms with van der Waals surface area (Å²) in [6.45, 7) is 3.32. The minimum Gasteiger partial charge on any atom is -0.420 e. The van der Waals surface area contributed by atoms with Gasteiger partial charge in [-0.3, -0.25) is 9.89 Å². The van der Waals surface area contributed by atoms with Crippen LogP contribution in [-0.4, -0.2) is 39.9 Å². The van der Waals surface area contributed by atoms with Crippen molar-refractivity contribution in [3.8, 4) is 11.9 Å². The zero-order valence-corrected chi connectivity index (χ0v) is 17.7. The number of amides is 1. The SMILES string of the molecule is Cc1[nH]nc2c1C(c1cn(CC(=O)NCC3CCCO3)c3ccccc13)C(C#N)=C(N)O2. The molecule has 1 amide bonds. The summed E-state index contributed by atoms with van der Waals surface area (Å²) in [4.78, 5) is 12.7. The van der Waals surface area contributed by atoms with Crippen LogP contribution in [0.3, 0.4) is 0 Å². The van der Waals surface area contributed by atoms with E-state index in [1.165, 1.54) is 0 Å². The molecule has 1 saturated heterocycles. The Morgan fingerprint density at radius 3 is 3.06 bits per heavy atom. The first-order valence-corrected chi connectivity index (χ1v) is 10.6. The molecular weight excluding hydrogens is 408 g/mol. The molecule has 0 aliphatic carbocycles. The van der Waals surface area contributed by atoms with Crippen LogP contribution in [0, 0.1) is 18.3 Å². The highest BCUT2D eigenvalue weighted by Gasteiger charge is 2.36. The maximum Gasteiger partial charge on any atom is 0.244 e. The molecule has 164 valence electrons. The van der Waals surface area contributed by atoms with Crippen LogP contribution in [-0.2, 0) is 16.1 Å². The van der Waals surface area contributed by atoms with Gasteiger partial charge in [0.15, 0.2) is 0 Å². The maximum atomic E-state index is 12.7. The van der Waals surface area contributed by atoms with Crippen LogP contribution in [0.25, 0.3) is 10.9 Å². The highest BCUT2D eigenvalue weighted by Crippen LogP contribution is 2.45. The van der Waals surface area contributed by atoms with Crippen molar-refractivity contribution in [3.05, 3.63) is 58.7 Å². The summed E-state index contributed by atoms with van der Waals surface area (Å²) >= 11 is 0. The number of carbonyl (C=O) groups excluding carboxylic acids is 1. The summed E-state index contributed by atoms with van der Waals surface area (Å²) in [5.41, 5.74) is 9.76. The number of nitriles is 1. The number of rotatable bonds is 5. The summed E-state index contributed by atoms with van der Waals surface area (Å²) in [6.07, 6.45) is 4.02. The van der Waals surface area contributed by atoms with Crippen molar-refractivity contribution in [1.82, 2.24) is 20.1 Å². The van der Waals surface area contributed by atoms with E-state index in [1.54, 1.807) is 0 Å². The smallest absolute Gasteiger partial charge is 0.244 e. The first-order chi connectivity index (χ1) is 15.6. The summed E-state index contributed by atoms with van der Waals surface area (Å²) < 4.78 is 13.1. The number of aromatic nitrogens is 3. The van der Waals surface area contributed by atoms with Crippen molar-refractivity contribution in [3.63, 3.8) is 0 Å². The van der Waals surface area contributed by atoms with Gasteiger partial charge < -0.3 is 25.1 Å². The first kappa shape index (κ1) is 20.2. The van der Waals surface area contributed by atoms with Crippen LogP contribution in [0.2, 0.25) is 0 Å². The van der Waals surface area contributed by atoms with E-state index in [2.05, 4.69) is 21.6 Å². The molecule has 9 nitrogen and oxygen atoms in total. The molecule has 2 atom stereocenters. The zero-order chi connectivity index (χ0) is 22.2. The molecule has 3 aromatic rings. The van der Waals surface area contributed by atoms with Gasteiger partial charge in [-0.1, -0.05) is 18.2 Å². The number of nitrogens with zero attached hydrogens (tertiary/aromatic N) is 3. The molecule has 2 aliphatic heterocycles. The first-order valence-electron chi connectivity index (χ1n) is 10.6. The van der Waals surface area contributed by atoms with Crippen molar-refractivity contribution < 1.29 is 14.3 Å². The van der Waals surface area contributed by atoms with Crippen LogP contribution < -0.4 is 15.8 Å². The molecule has 1 fully saturated rings. The van der Waals surface area contributed by atoms with E-state index in [0.29, 0.717) is 18.0 Å². The number of nitrogens with one attached hydrogen (secondary N) is 2. The normalized spacial score (nSPS) is 20.1. The van der Waals surface area contributed by atoms with Crippen molar-refractivity contribution in [1.29, 1.82) is 5.26 Å². The van der Waals surface area contributed by atoms with Gasteiger partial charge in [0.25, 0.3) is 0 Å². The van der Waals surface area contributed by atoms with Crippen LogP contribution in [0.4, 0.5) is 0 Å². The largest absolute Gasteiger partial charge is 0.420 e. The topological polar surface area (TPSA) is 131 Å². The number of hydrogen-bond acceptors (Lipinski definition) is 6. The molecule has 0 spiro atoms. The van der Waals surface area contributed by atoms with Gasteiger partial charge in [0.05, 0.1) is 12.0 Å². The average molecular weight is 432 g/mol. The second-order valence-corrected chi connectivity index (χ2v) is 8.16. The quantitative estimate of drug-likeness (QED) is 0.566. The lowest BCUT2D eigenvalue weighted by Crippen LogP contribution is -2.34. The van der Waals surface area contributed by atoms with Crippen LogP contribution in [0.15, 0.2) is 41.9 Å². The van der Waals surface area contributed by atoms with Crippen molar-refractivity contribution in [2.75, 3.05) is 13.2 Å². The third-order valence-corrected chi connectivity index (χ3v) is 6.12. The minimum atomic E-state index is -0.441. The number of hydrogen-bond donors (Lipinski definition) is 3. The number of aromatic amines is 1. The van der Waals surface area contributed by atoms with E-state index in [1.807, 2.05) is 42.0 Å². The fourth-order valence-electron chi connectivity index (χ4n) is 4.59. The second kappa shape index (κ2) is 8.05. The van der Waals surface area contributed by atoms with Crippen molar-refractivity contribution in [2.24, 2.45) is 5.73 Å². The standard InChI is InChI=1S/C23H24N6O3/c1-13-20-21(16(9-24)22(25)32-23(20)28-27-13)17-11-29(18-7-3-2-6-15(17)18)12-19(30)26-10-14-5-4-8-31-14/h2-3,6-7,11,14,21H,4-5,8,10,12,25H2,1H3,(H,26,30)(H,27,28). The Morgan fingerprint density at radius 2 is 2.28 bits per heavy atom. The Kier molecular flexibility index (Phi) is 5.07. The fraction of sp³-hybridized carbons (Fsp3) is 0.348. The van der Waals surface area contributed by atoms with Gasteiger partial charge in [0.1, 0.15) is 18.2 Å². The lowest BCUT2D eigenvalue weighted by Gasteiger charge is -2.23. The lowest BCUT2D eigenvalue weighted by atomic mass is 9.84. The molecular formula is C23H24N6O3. The van der Waals surface area contributed by atoms with Gasteiger partial charge >= 0.3 is 0 Å². The van der Waals surface area contributed by atoms with Crippen LogP contribution in [0.1, 0.15) is 35.6 Å². The Hall–Kier alpha value is -3.77. The van der Waals surface area contributed by atoms with E-state index in [9.17, 15) is 10.1 Å². The number of ether oxygens (including phenoxy) is 2. The monoisotopic (exact) mass is 432 g/mol. The second-order valence-electron chi connectivity index (χ2n) is 8.16. The molecule has 2 unspecified atom stereocenters. The molecule has 9 heteroatoms. The number of para-hydroxylation sites is 1. The summed E-state index contributed by atoms with van der Waals surface area (Å²) in [6, 6.07) is 10.0. The van der Waals surface area contributed by atoms with Gasteiger partial charge in [-0.15, -0.1) is 5.10 Å². The highest BCUT2D eigenvalue weighted by atomic mass is 16.5. The third-order valence-electron chi connectivity index (χ3n) is 6.12. The maximum absolute atomic E-state index is 12.7. The number of carbonyl (C=O) groups is 1. The number of allylic oxidation sites excluding steroid dienone is 1. The van der Waals surface area contributed by atoms with E-state index in [0.717, 1.165) is 47.2 Å². The minimum absolute atomic E-state index is 0.0441. The predicted octanol–water partition coefficient (Wildman–Crippen LogP) is 2.19. The zero-order valence-electron chi connectivity index (χ0n) is 17.7. The molecule has 0 radical (unpaired) electrons. The van der Waals surface area contributed by atoms with Crippen LogP contribution >= 0.6 is 0 Å². The summed E-state index contributed by atoms with van der Waals surface area (Å²) in [5.74, 6) is -0.114. The molecule has 4 heterocycles. The average Bonchev–Trinajstić information content (AvgIpc) is 3.52. The lowest BCUT2D eigenvalue weighted by molar-refractivity contribution is -0.122. The molecule has 0 bridgehead atoms. The van der Waals surface area contributed by atoms with Crippen molar-refractivity contribution in [2.45, 2.75) is 38.3 Å². The molecule has 2 aromatic heterocycles. The molecule has 0 saturated carbocycles. The van der Waals surface area contributed by atoms with E-state index in [4.69, 9.17) is 15.2 Å². The highest BCUT2D eigenvalue weighted by molar-refractivity contribution is 5.88. The number of fused-ring (bicyclic) bond motifs is 2. The number of aryl methyl sites for hydroxylation is 1. The fourth-order valence-corrected chi connectivity index (χ4v) is 4.59. The number of H-pyrrole nitrogens is 1. The Bertz CT molecular complexity index is 1260. The molecule has 5 rings (SSSR count). The Balaban J connectivity index is 1.52. The Labute approximate surface area is 184 Å².